The van der Waals surface area contributed by atoms with Gasteiger partial charge in [-0.2, -0.15) is 4.72 Å². The zero-order valence-corrected chi connectivity index (χ0v) is 20.4. The van der Waals surface area contributed by atoms with Crippen molar-refractivity contribution >= 4 is 21.6 Å². The monoisotopic (exact) mass is 529 g/mol. The lowest BCUT2D eigenvalue weighted by atomic mass is 9.90. The summed E-state index contributed by atoms with van der Waals surface area (Å²) in [5, 5.41) is 16.7. The molecule has 9 nitrogen and oxygen atoms in total. The molecule has 0 unspecified atom stereocenters. The van der Waals surface area contributed by atoms with Gasteiger partial charge in [0.05, 0.1) is 17.8 Å². The lowest BCUT2D eigenvalue weighted by molar-refractivity contribution is 0.00964. The van der Waals surface area contributed by atoms with Gasteiger partial charge in [0.25, 0.3) is 0 Å². The number of hydrogen-bond acceptors (Lipinski definition) is 7. The molecule has 3 N–H and O–H groups in total. The summed E-state index contributed by atoms with van der Waals surface area (Å²) in [7, 11) is -4.52. The third kappa shape index (κ3) is 4.58. The molecule has 3 aromatic rings. The molecule has 1 aromatic heterocycles. The van der Waals surface area contributed by atoms with E-state index in [1.54, 1.807) is 6.92 Å². The van der Waals surface area contributed by atoms with E-state index in [9.17, 15) is 27.1 Å². The van der Waals surface area contributed by atoms with Crippen LogP contribution in [0.25, 0.3) is 0 Å². The van der Waals surface area contributed by atoms with Gasteiger partial charge in [-0.25, -0.2) is 27.1 Å². The molecular formula is C22H22ClF2N3O6S. The number of nitrogens with zero attached hydrogens (tertiary/aromatic N) is 1. The first-order valence-corrected chi connectivity index (χ1v) is 12.4. The highest BCUT2D eigenvalue weighted by molar-refractivity contribution is 7.89. The number of ether oxygens (including phenoxy) is 1. The van der Waals surface area contributed by atoms with Crippen molar-refractivity contribution in [1.82, 2.24) is 14.9 Å². The van der Waals surface area contributed by atoms with E-state index in [4.69, 9.17) is 20.8 Å². The van der Waals surface area contributed by atoms with Crippen molar-refractivity contribution in [3.8, 4) is 5.75 Å². The van der Waals surface area contributed by atoms with Crippen molar-refractivity contribution in [2.24, 2.45) is 0 Å². The SMILES string of the molecule is Cc1c(Cl)ccc(F)c1[C@@H](C)[C@H](NS(=O)(=O)c1ccc(F)c2c1OCC[C@@]2(C)O)c1n[nH]c(=O)o1. The van der Waals surface area contributed by atoms with Gasteiger partial charge in [-0.1, -0.05) is 18.5 Å². The summed E-state index contributed by atoms with van der Waals surface area (Å²) in [5.41, 5.74) is -1.51. The Hall–Kier alpha value is -2.80. The van der Waals surface area contributed by atoms with E-state index in [1.165, 1.54) is 19.9 Å². The fourth-order valence-corrected chi connectivity index (χ4v) is 5.82. The molecule has 0 spiro atoms. The molecule has 35 heavy (non-hydrogen) atoms. The quantitative estimate of drug-likeness (QED) is 0.445. The van der Waals surface area contributed by atoms with Crippen LogP contribution in [0.5, 0.6) is 5.75 Å². The average molecular weight is 530 g/mol. The molecular weight excluding hydrogens is 508 g/mol. The third-order valence-corrected chi connectivity index (χ3v) is 7.96. The molecule has 2 heterocycles. The Balaban J connectivity index is 1.84. The van der Waals surface area contributed by atoms with E-state index >= 15 is 0 Å². The van der Waals surface area contributed by atoms with E-state index in [2.05, 4.69) is 14.9 Å². The Morgan fingerprint density at radius 3 is 2.60 bits per heavy atom. The molecule has 188 valence electrons. The summed E-state index contributed by atoms with van der Waals surface area (Å²) >= 11 is 6.16. The highest BCUT2D eigenvalue weighted by atomic mass is 35.5. The Labute approximate surface area is 204 Å². The zero-order chi connectivity index (χ0) is 25.7. The summed E-state index contributed by atoms with van der Waals surface area (Å²) in [6, 6.07) is 3.02. The van der Waals surface area contributed by atoms with E-state index in [0.29, 0.717) is 5.56 Å². The Morgan fingerprint density at radius 2 is 1.94 bits per heavy atom. The maximum atomic E-state index is 14.8. The van der Waals surface area contributed by atoms with Crippen molar-refractivity contribution in [3.05, 3.63) is 74.1 Å². The molecule has 0 bridgehead atoms. The maximum Gasteiger partial charge on any atom is 0.434 e. The zero-order valence-electron chi connectivity index (χ0n) is 18.9. The number of aromatic amines is 1. The summed E-state index contributed by atoms with van der Waals surface area (Å²) in [4.78, 5) is 11.2. The van der Waals surface area contributed by atoms with Crippen LogP contribution in [0, 0.1) is 18.6 Å². The van der Waals surface area contributed by atoms with Crippen molar-refractivity contribution in [1.29, 1.82) is 0 Å². The van der Waals surface area contributed by atoms with Crippen LogP contribution in [0.2, 0.25) is 5.02 Å². The fourth-order valence-electron chi connectivity index (χ4n) is 4.24. The van der Waals surface area contributed by atoms with Crippen LogP contribution >= 0.6 is 11.6 Å². The number of H-pyrrole nitrogens is 1. The van der Waals surface area contributed by atoms with Crippen molar-refractivity contribution in [3.63, 3.8) is 0 Å². The van der Waals surface area contributed by atoms with Gasteiger partial charge in [-0.05, 0) is 49.2 Å². The molecule has 0 amide bonds. The first-order chi connectivity index (χ1) is 16.3. The second-order valence-electron chi connectivity index (χ2n) is 8.53. The summed E-state index contributed by atoms with van der Waals surface area (Å²) in [5.74, 6) is -4.08. The van der Waals surface area contributed by atoms with E-state index in [1.807, 2.05) is 0 Å². The Bertz CT molecular complexity index is 1450. The molecule has 1 aliphatic heterocycles. The maximum absolute atomic E-state index is 14.8. The molecule has 13 heteroatoms. The van der Waals surface area contributed by atoms with Gasteiger partial charge in [-0.15, -0.1) is 5.10 Å². The lowest BCUT2D eigenvalue weighted by Crippen LogP contribution is -2.35. The van der Waals surface area contributed by atoms with Crippen LogP contribution in [0.3, 0.4) is 0 Å². The van der Waals surface area contributed by atoms with Crippen molar-refractivity contribution < 1.29 is 31.5 Å². The van der Waals surface area contributed by atoms with Gasteiger partial charge in [0.15, 0.2) is 0 Å². The Morgan fingerprint density at radius 1 is 1.26 bits per heavy atom. The van der Waals surface area contributed by atoms with Crippen LogP contribution in [-0.4, -0.2) is 30.3 Å². The molecule has 0 radical (unpaired) electrons. The first-order valence-electron chi connectivity index (χ1n) is 10.5. The van der Waals surface area contributed by atoms with Crippen LogP contribution < -0.4 is 15.2 Å². The van der Waals surface area contributed by atoms with Crippen LogP contribution in [0.1, 0.15) is 54.8 Å². The second kappa shape index (κ2) is 9.01. The number of hydrogen-bond donors (Lipinski definition) is 3. The predicted octanol–water partition coefficient (Wildman–Crippen LogP) is 3.42. The van der Waals surface area contributed by atoms with Gasteiger partial charge in [-0.3, -0.25) is 0 Å². The molecule has 4 rings (SSSR count). The minimum atomic E-state index is -4.52. The number of rotatable bonds is 6. The normalized spacial score (nSPS) is 19.6. The summed E-state index contributed by atoms with van der Waals surface area (Å²) in [6.07, 6.45) is 0.0548. The standard InChI is InChI=1S/C22H22ClF2N3O6S/c1-10-12(23)4-5-13(24)16(10)11(2)18(20-26-27-21(29)34-20)28-35(31,32)15-7-6-14(25)17-19(15)33-9-8-22(17,3)30/h4-7,11,18,28,30H,8-9H2,1-3H3,(H,27,29)/t11-,18+,22-/m1/s1. The summed E-state index contributed by atoms with van der Waals surface area (Å²) in [6.45, 7) is 4.38. The first kappa shape index (κ1) is 25.3. The molecule has 0 aliphatic carbocycles. The fraction of sp³-hybridized carbons (Fsp3) is 0.364. The van der Waals surface area contributed by atoms with Gasteiger partial charge in [0.2, 0.25) is 15.9 Å². The number of nitrogens with one attached hydrogen (secondary N) is 2. The largest absolute Gasteiger partial charge is 0.492 e. The molecule has 2 aromatic carbocycles. The average Bonchev–Trinajstić information content (AvgIpc) is 3.20. The third-order valence-electron chi connectivity index (χ3n) is 6.09. The highest BCUT2D eigenvalue weighted by Crippen LogP contribution is 2.43. The molecule has 0 saturated heterocycles. The van der Waals surface area contributed by atoms with Crippen molar-refractivity contribution in [2.45, 2.75) is 49.6 Å². The van der Waals surface area contributed by atoms with E-state index in [-0.39, 0.29) is 40.8 Å². The van der Waals surface area contributed by atoms with E-state index in [0.717, 1.165) is 18.2 Å². The molecule has 3 atom stereocenters. The number of halogens is 3. The summed E-state index contributed by atoms with van der Waals surface area (Å²) < 4.78 is 69.3. The second-order valence-corrected chi connectivity index (χ2v) is 10.6. The van der Waals surface area contributed by atoms with Gasteiger partial charge in [0.1, 0.15) is 28.3 Å². The molecule has 0 saturated carbocycles. The molecule has 0 fully saturated rings. The molecule has 1 aliphatic rings. The minimum absolute atomic E-state index is 0.0486. The van der Waals surface area contributed by atoms with Crippen LogP contribution in [0.15, 0.2) is 38.4 Å². The number of benzene rings is 2. The topological polar surface area (TPSA) is 135 Å². The van der Waals surface area contributed by atoms with Gasteiger partial charge in [0, 0.05) is 17.4 Å². The Kier molecular flexibility index (Phi) is 6.51. The minimum Gasteiger partial charge on any atom is -0.492 e. The number of fused-ring (bicyclic) bond motifs is 1. The van der Waals surface area contributed by atoms with Gasteiger partial charge < -0.3 is 14.3 Å². The number of aromatic nitrogens is 2. The van der Waals surface area contributed by atoms with Gasteiger partial charge >= 0.3 is 5.76 Å². The van der Waals surface area contributed by atoms with Crippen LogP contribution in [0.4, 0.5) is 8.78 Å². The van der Waals surface area contributed by atoms with Crippen LogP contribution in [-0.2, 0) is 15.6 Å². The lowest BCUT2D eigenvalue weighted by Gasteiger charge is -2.32. The highest BCUT2D eigenvalue weighted by Gasteiger charge is 2.40. The number of aliphatic hydroxyl groups is 1. The smallest absolute Gasteiger partial charge is 0.434 e. The number of sulfonamides is 1. The van der Waals surface area contributed by atoms with Crippen molar-refractivity contribution in [2.75, 3.05) is 6.61 Å². The van der Waals surface area contributed by atoms with E-state index < -0.39 is 49.9 Å². The predicted molar refractivity (Wildman–Crippen MR) is 121 cm³/mol.